The van der Waals surface area contributed by atoms with Crippen LogP contribution >= 0.6 is 0 Å². The van der Waals surface area contributed by atoms with E-state index in [9.17, 15) is 4.79 Å². The zero-order valence-corrected chi connectivity index (χ0v) is 6.90. The first-order valence-electron chi connectivity index (χ1n) is 3.79. The smallest absolute Gasteiger partial charge is 0.222 e. The van der Waals surface area contributed by atoms with Crippen LogP contribution < -0.4 is 5.32 Å². The highest BCUT2D eigenvalue weighted by molar-refractivity contribution is 5.79. The van der Waals surface area contributed by atoms with Crippen molar-refractivity contribution in [3.05, 3.63) is 0 Å². The molecule has 58 valence electrons. The monoisotopic (exact) mass is 141 g/mol. The predicted molar refractivity (Wildman–Crippen MR) is 40.6 cm³/mol. The van der Waals surface area contributed by atoms with E-state index in [0.29, 0.717) is 5.41 Å². The van der Waals surface area contributed by atoms with Crippen LogP contribution in [0.1, 0.15) is 27.2 Å². The molecule has 1 atom stereocenters. The second-order valence-electron chi connectivity index (χ2n) is 3.99. The number of nitrogens with one attached hydrogen (secondary N) is 1. The van der Waals surface area contributed by atoms with Crippen LogP contribution in [0.5, 0.6) is 0 Å². The normalized spacial score (nSPS) is 31.5. The Labute approximate surface area is 62.0 Å². The maximum Gasteiger partial charge on any atom is 0.222 e. The predicted octanol–water partition coefficient (Wildman–Crippen LogP) is 1.17. The van der Waals surface area contributed by atoms with E-state index in [-0.39, 0.29) is 11.8 Å². The summed E-state index contributed by atoms with van der Waals surface area (Å²) in [6, 6.07) is 0. The van der Waals surface area contributed by atoms with E-state index in [4.69, 9.17) is 0 Å². The molecule has 2 heteroatoms. The molecule has 1 aliphatic heterocycles. The quantitative estimate of drug-likeness (QED) is 0.539. The van der Waals surface area contributed by atoms with Crippen LogP contribution in [0.2, 0.25) is 0 Å². The van der Waals surface area contributed by atoms with E-state index in [1.807, 2.05) is 6.92 Å². The Morgan fingerprint density at radius 2 is 2.20 bits per heavy atom. The number of amides is 1. The number of hydrogen-bond donors (Lipinski definition) is 1. The van der Waals surface area contributed by atoms with Crippen molar-refractivity contribution < 1.29 is 4.79 Å². The van der Waals surface area contributed by atoms with E-state index in [0.717, 1.165) is 13.0 Å². The van der Waals surface area contributed by atoms with E-state index in [2.05, 4.69) is 19.2 Å². The van der Waals surface area contributed by atoms with E-state index < -0.39 is 0 Å². The highest BCUT2D eigenvalue weighted by Gasteiger charge is 2.30. The Morgan fingerprint density at radius 1 is 1.60 bits per heavy atom. The molecule has 0 radical (unpaired) electrons. The molecule has 0 aromatic rings. The fourth-order valence-electron chi connectivity index (χ4n) is 1.49. The van der Waals surface area contributed by atoms with Crippen molar-refractivity contribution in [2.24, 2.45) is 11.3 Å². The van der Waals surface area contributed by atoms with Crippen LogP contribution in [0.3, 0.4) is 0 Å². The Balaban J connectivity index is 2.57. The third-order valence-corrected chi connectivity index (χ3v) is 2.05. The number of carbonyl (C=O) groups is 1. The van der Waals surface area contributed by atoms with Crippen molar-refractivity contribution in [3.8, 4) is 0 Å². The summed E-state index contributed by atoms with van der Waals surface area (Å²) >= 11 is 0. The molecule has 0 aromatic heterocycles. The van der Waals surface area contributed by atoms with Gasteiger partial charge in [-0.1, -0.05) is 20.8 Å². The summed E-state index contributed by atoms with van der Waals surface area (Å²) in [6.07, 6.45) is 1.01. The molecule has 1 saturated heterocycles. The van der Waals surface area contributed by atoms with Gasteiger partial charge in [-0.25, -0.2) is 0 Å². The minimum Gasteiger partial charge on any atom is -0.355 e. The summed E-state index contributed by atoms with van der Waals surface area (Å²) in [4.78, 5) is 11.0. The molecule has 0 saturated carbocycles. The van der Waals surface area contributed by atoms with Crippen molar-refractivity contribution in [2.45, 2.75) is 27.2 Å². The van der Waals surface area contributed by atoms with Gasteiger partial charge in [-0.15, -0.1) is 0 Å². The SMILES string of the molecule is CC1CC(C)(C)CNC1=O. The summed E-state index contributed by atoms with van der Waals surface area (Å²) in [5.74, 6) is 0.406. The Morgan fingerprint density at radius 3 is 2.60 bits per heavy atom. The largest absolute Gasteiger partial charge is 0.355 e. The standard InChI is InChI=1S/C8H15NO/c1-6-4-8(2,3)5-9-7(6)10/h6H,4-5H2,1-3H3,(H,9,10). The van der Waals surface area contributed by atoms with Crippen LogP contribution in [0.25, 0.3) is 0 Å². The minimum atomic E-state index is 0.198. The lowest BCUT2D eigenvalue weighted by Crippen LogP contribution is -2.44. The van der Waals surface area contributed by atoms with E-state index in [1.54, 1.807) is 0 Å². The molecule has 1 N–H and O–H groups in total. The van der Waals surface area contributed by atoms with Crippen molar-refractivity contribution >= 4 is 5.91 Å². The van der Waals surface area contributed by atoms with Crippen molar-refractivity contribution in [1.29, 1.82) is 0 Å². The summed E-state index contributed by atoms with van der Waals surface area (Å²) in [7, 11) is 0. The molecule has 1 unspecified atom stereocenters. The second-order valence-corrected chi connectivity index (χ2v) is 3.99. The third kappa shape index (κ3) is 1.49. The summed E-state index contributed by atoms with van der Waals surface area (Å²) in [5, 5.41) is 2.88. The molecule has 0 aromatic carbocycles. The van der Waals surface area contributed by atoms with Gasteiger partial charge in [0.2, 0.25) is 5.91 Å². The van der Waals surface area contributed by atoms with Gasteiger partial charge in [-0.3, -0.25) is 4.79 Å². The Hall–Kier alpha value is -0.530. The number of piperidine rings is 1. The Bertz CT molecular complexity index is 151. The third-order valence-electron chi connectivity index (χ3n) is 2.05. The maximum absolute atomic E-state index is 11.0. The fourth-order valence-corrected chi connectivity index (χ4v) is 1.49. The average molecular weight is 141 g/mol. The van der Waals surface area contributed by atoms with E-state index in [1.165, 1.54) is 0 Å². The molecule has 0 bridgehead atoms. The van der Waals surface area contributed by atoms with Crippen LogP contribution in [-0.2, 0) is 4.79 Å². The lowest BCUT2D eigenvalue weighted by Gasteiger charge is -2.33. The number of carbonyl (C=O) groups excluding carboxylic acids is 1. The maximum atomic E-state index is 11.0. The molecule has 2 nitrogen and oxygen atoms in total. The molecular weight excluding hydrogens is 126 g/mol. The van der Waals surface area contributed by atoms with Crippen LogP contribution in [0, 0.1) is 11.3 Å². The van der Waals surface area contributed by atoms with Gasteiger partial charge in [0.05, 0.1) is 0 Å². The molecule has 1 heterocycles. The number of rotatable bonds is 0. The van der Waals surface area contributed by atoms with Gasteiger partial charge < -0.3 is 5.32 Å². The van der Waals surface area contributed by atoms with Gasteiger partial charge in [0.25, 0.3) is 0 Å². The lowest BCUT2D eigenvalue weighted by molar-refractivity contribution is -0.128. The molecule has 1 amide bonds. The molecular formula is C8H15NO. The van der Waals surface area contributed by atoms with Crippen LogP contribution in [-0.4, -0.2) is 12.5 Å². The average Bonchev–Trinajstić information content (AvgIpc) is 1.79. The summed E-state index contributed by atoms with van der Waals surface area (Å²) < 4.78 is 0. The van der Waals surface area contributed by atoms with Gasteiger partial charge in [0.1, 0.15) is 0 Å². The fraction of sp³-hybridized carbons (Fsp3) is 0.875. The number of hydrogen-bond acceptors (Lipinski definition) is 1. The zero-order chi connectivity index (χ0) is 7.78. The van der Waals surface area contributed by atoms with Gasteiger partial charge in [-0.2, -0.15) is 0 Å². The van der Waals surface area contributed by atoms with Gasteiger partial charge in [-0.05, 0) is 11.8 Å². The summed E-state index contributed by atoms with van der Waals surface area (Å²) in [5.41, 5.74) is 0.299. The first-order valence-corrected chi connectivity index (χ1v) is 3.79. The van der Waals surface area contributed by atoms with E-state index >= 15 is 0 Å². The highest BCUT2D eigenvalue weighted by atomic mass is 16.1. The molecule has 10 heavy (non-hydrogen) atoms. The first kappa shape index (κ1) is 7.58. The molecule has 0 aliphatic carbocycles. The highest BCUT2D eigenvalue weighted by Crippen LogP contribution is 2.27. The van der Waals surface area contributed by atoms with Crippen LogP contribution in [0.15, 0.2) is 0 Å². The molecule has 1 rings (SSSR count). The first-order chi connectivity index (χ1) is 4.51. The molecule has 0 spiro atoms. The topological polar surface area (TPSA) is 29.1 Å². The van der Waals surface area contributed by atoms with Crippen molar-refractivity contribution in [3.63, 3.8) is 0 Å². The van der Waals surface area contributed by atoms with Crippen LogP contribution in [0.4, 0.5) is 0 Å². The molecule has 1 aliphatic rings. The van der Waals surface area contributed by atoms with Crippen molar-refractivity contribution in [1.82, 2.24) is 5.32 Å². The molecule has 1 fully saturated rings. The lowest BCUT2D eigenvalue weighted by atomic mass is 9.80. The van der Waals surface area contributed by atoms with Gasteiger partial charge >= 0.3 is 0 Å². The summed E-state index contributed by atoms with van der Waals surface area (Å²) in [6.45, 7) is 7.18. The van der Waals surface area contributed by atoms with Crippen molar-refractivity contribution in [2.75, 3.05) is 6.54 Å². The second kappa shape index (κ2) is 2.26. The Kier molecular flexibility index (Phi) is 1.71. The zero-order valence-electron chi connectivity index (χ0n) is 6.90. The van der Waals surface area contributed by atoms with Gasteiger partial charge in [0.15, 0.2) is 0 Å². The van der Waals surface area contributed by atoms with Gasteiger partial charge in [0, 0.05) is 12.5 Å². The minimum absolute atomic E-state index is 0.198.